The Labute approximate surface area is 79.6 Å². The number of nitrogens with two attached hydrogens (primary N) is 1. The Kier molecular flexibility index (Phi) is 2.96. The number of rotatable bonds is 2. The SMILES string of the molecule is CC(C)(C)OC(=O)C[C@H]1C[C@H](N)C1. The first-order valence-electron chi connectivity index (χ1n) is 4.84. The van der Waals surface area contributed by atoms with Crippen LogP contribution in [0.1, 0.15) is 40.0 Å². The summed E-state index contributed by atoms with van der Waals surface area (Å²) >= 11 is 0. The summed E-state index contributed by atoms with van der Waals surface area (Å²) in [5.74, 6) is 0.370. The molecule has 0 atom stereocenters. The fourth-order valence-corrected chi connectivity index (χ4v) is 1.57. The molecule has 0 radical (unpaired) electrons. The molecule has 1 rings (SSSR count). The van der Waals surface area contributed by atoms with Crippen LogP contribution in [0.3, 0.4) is 0 Å². The predicted molar refractivity (Wildman–Crippen MR) is 51.2 cm³/mol. The van der Waals surface area contributed by atoms with E-state index in [9.17, 15) is 4.79 Å². The van der Waals surface area contributed by atoms with Gasteiger partial charge < -0.3 is 10.5 Å². The molecule has 0 aromatic rings. The van der Waals surface area contributed by atoms with Crippen LogP contribution in [0.4, 0.5) is 0 Å². The molecule has 3 heteroatoms. The molecule has 2 N–H and O–H groups in total. The Balaban J connectivity index is 2.19. The normalized spacial score (nSPS) is 28.0. The topological polar surface area (TPSA) is 52.3 Å². The van der Waals surface area contributed by atoms with Gasteiger partial charge in [0.25, 0.3) is 0 Å². The molecule has 0 unspecified atom stereocenters. The molecule has 1 fully saturated rings. The minimum atomic E-state index is -0.358. The highest BCUT2D eigenvalue weighted by Gasteiger charge is 2.29. The molecule has 0 aliphatic heterocycles. The first kappa shape index (κ1) is 10.5. The van der Waals surface area contributed by atoms with Gasteiger partial charge in [0, 0.05) is 12.5 Å². The lowest BCUT2D eigenvalue weighted by Crippen LogP contribution is -2.38. The van der Waals surface area contributed by atoms with Gasteiger partial charge in [0.2, 0.25) is 0 Å². The Hall–Kier alpha value is -0.570. The lowest BCUT2D eigenvalue weighted by Gasteiger charge is -2.32. The second kappa shape index (κ2) is 3.66. The van der Waals surface area contributed by atoms with Crippen molar-refractivity contribution in [2.45, 2.75) is 51.7 Å². The molecule has 3 nitrogen and oxygen atoms in total. The molecule has 0 amide bonds. The minimum absolute atomic E-state index is 0.0931. The molecule has 0 aromatic carbocycles. The number of ether oxygens (including phenoxy) is 1. The number of carbonyl (C=O) groups excluding carboxylic acids is 1. The van der Waals surface area contributed by atoms with Crippen molar-refractivity contribution in [2.75, 3.05) is 0 Å². The molecule has 1 aliphatic rings. The van der Waals surface area contributed by atoms with Gasteiger partial charge in [-0.05, 0) is 39.5 Å². The highest BCUT2D eigenvalue weighted by molar-refractivity contribution is 5.70. The fourth-order valence-electron chi connectivity index (χ4n) is 1.57. The van der Waals surface area contributed by atoms with Crippen molar-refractivity contribution in [2.24, 2.45) is 11.7 Å². The Morgan fingerprint density at radius 2 is 2.00 bits per heavy atom. The van der Waals surface area contributed by atoms with Crippen LogP contribution in [0, 0.1) is 5.92 Å². The maximum absolute atomic E-state index is 11.3. The molecule has 0 aromatic heterocycles. The van der Waals surface area contributed by atoms with E-state index in [1.807, 2.05) is 20.8 Å². The average molecular weight is 185 g/mol. The van der Waals surface area contributed by atoms with Crippen molar-refractivity contribution in [3.8, 4) is 0 Å². The lowest BCUT2D eigenvalue weighted by atomic mass is 9.79. The zero-order chi connectivity index (χ0) is 10.1. The van der Waals surface area contributed by atoms with E-state index in [1.54, 1.807) is 0 Å². The predicted octanol–water partition coefficient (Wildman–Crippen LogP) is 1.46. The molecule has 0 spiro atoms. The molecule has 13 heavy (non-hydrogen) atoms. The van der Waals surface area contributed by atoms with Crippen LogP contribution >= 0.6 is 0 Å². The minimum Gasteiger partial charge on any atom is -0.460 e. The van der Waals surface area contributed by atoms with Gasteiger partial charge in [0.15, 0.2) is 0 Å². The first-order chi connectivity index (χ1) is 5.87. The summed E-state index contributed by atoms with van der Waals surface area (Å²) in [7, 11) is 0. The Morgan fingerprint density at radius 3 is 2.38 bits per heavy atom. The molecular formula is C10H19NO2. The monoisotopic (exact) mass is 185 g/mol. The Morgan fingerprint density at radius 1 is 1.46 bits per heavy atom. The van der Waals surface area contributed by atoms with Crippen molar-refractivity contribution in [3.05, 3.63) is 0 Å². The second-order valence-corrected chi connectivity index (χ2v) is 4.89. The van der Waals surface area contributed by atoms with E-state index in [1.165, 1.54) is 0 Å². The molecular weight excluding hydrogens is 166 g/mol. The maximum atomic E-state index is 11.3. The fraction of sp³-hybridized carbons (Fsp3) is 0.900. The van der Waals surface area contributed by atoms with Gasteiger partial charge in [-0.3, -0.25) is 4.79 Å². The number of esters is 1. The van der Waals surface area contributed by atoms with Crippen molar-refractivity contribution < 1.29 is 9.53 Å². The Bertz CT molecular complexity index is 190. The molecule has 1 saturated carbocycles. The summed E-state index contributed by atoms with van der Waals surface area (Å²) in [6.45, 7) is 5.66. The van der Waals surface area contributed by atoms with Crippen LogP contribution in [0.2, 0.25) is 0 Å². The van der Waals surface area contributed by atoms with E-state index in [2.05, 4.69) is 0 Å². The van der Waals surface area contributed by atoms with E-state index in [4.69, 9.17) is 10.5 Å². The third-order valence-electron chi connectivity index (χ3n) is 2.15. The first-order valence-corrected chi connectivity index (χ1v) is 4.84. The van der Waals surface area contributed by atoms with E-state index < -0.39 is 0 Å². The lowest BCUT2D eigenvalue weighted by molar-refractivity contribution is -0.156. The van der Waals surface area contributed by atoms with Crippen LogP contribution in [0.5, 0.6) is 0 Å². The largest absolute Gasteiger partial charge is 0.460 e. The molecule has 0 saturated heterocycles. The van der Waals surface area contributed by atoms with Gasteiger partial charge >= 0.3 is 5.97 Å². The second-order valence-electron chi connectivity index (χ2n) is 4.89. The van der Waals surface area contributed by atoms with Crippen LogP contribution in [0.25, 0.3) is 0 Å². The highest BCUT2D eigenvalue weighted by atomic mass is 16.6. The van der Waals surface area contributed by atoms with Crippen LogP contribution in [-0.4, -0.2) is 17.6 Å². The molecule has 76 valence electrons. The van der Waals surface area contributed by atoms with Gasteiger partial charge in [0.1, 0.15) is 5.60 Å². The summed E-state index contributed by atoms with van der Waals surface area (Å²) in [5, 5.41) is 0. The van der Waals surface area contributed by atoms with Crippen LogP contribution in [-0.2, 0) is 9.53 Å². The van der Waals surface area contributed by atoms with Gasteiger partial charge in [-0.2, -0.15) is 0 Å². The summed E-state index contributed by atoms with van der Waals surface area (Å²) in [4.78, 5) is 11.3. The van der Waals surface area contributed by atoms with Crippen LogP contribution in [0.15, 0.2) is 0 Å². The summed E-state index contributed by atoms with van der Waals surface area (Å²) in [5.41, 5.74) is 5.26. The summed E-state index contributed by atoms with van der Waals surface area (Å²) < 4.78 is 5.20. The molecule has 1 aliphatic carbocycles. The van der Waals surface area contributed by atoms with E-state index in [0.29, 0.717) is 18.4 Å². The summed E-state index contributed by atoms with van der Waals surface area (Å²) in [6.07, 6.45) is 2.48. The van der Waals surface area contributed by atoms with Gasteiger partial charge in [-0.25, -0.2) is 0 Å². The van der Waals surface area contributed by atoms with E-state index in [0.717, 1.165) is 12.8 Å². The van der Waals surface area contributed by atoms with Crippen LogP contribution < -0.4 is 5.73 Å². The maximum Gasteiger partial charge on any atom is 0.306 e. The number of carbonyl (C=O) groups is 1. The van der Waals surface area contributed by atoms with Crippen molar-refractivity contribution >= 4 is 5.97 Å². The quantitative estimate of drug-likeness (QED) is 0.662. The zero-order valence-corrected chi connectivity index (χ0v) is 8.67. The standard InChI is InChI=1S/C10H19NO2/c1-10(2,3)13-9(12)6-7-4-8(11)5-7/h7-8H,4-6,11H2,1-3H3/t7-,8-. The molecule has 0 heterocycles. The van der Waals surface area contributed by atoms with Gasteiger partial charge in [-0.1, -0.05) is 0 Å². The summed E-state index contributed by atoms with van der Waals surface area (Å²) in [6, 6.07) is 0.312. The van der Waals surface area contributed by atoms with E-state index in [-0.39, 0.29) is 11.6 Å². The third kappa shape index (κ3) is 3.77. The van der Waals surface area contributed by atoms with Crippen molar-refractivity contribution in [1.82, 2.24) is 0 Å². The van der Waals surface area contributed by atoms with Gasteiger partial charge in [-0.15, -0.1) is 0 Å². The zero-order valence-electron chi connectivity index (χ0n) is 8.67. The van der Waals surface area contributed by atoms with Crippen molar-refractivity contribution in [1.29, 1.82) is 0 Å². The highest BCUT2D eigenvalue weighted by Crippen LogP contribution is 2.29. The van der Waals surface area contributed by atoms with Gasteiger partial charge in [0.05, 0.1) is 0 Å². The smallest absolute Gasteiger partial charge is 0.306 e. The van der Waals surface area contributed by atoms with Crippen molar-refractivity contribution in [3.63, 3.8) is 0 Å². The number of hydrogen-bond donors (Lipinski definition) is 1. The number of hydrogen-bond acceptors (Lipinski definition) is 3. The average Bonchev–Trinajstić information content (AvgIpc) is 1.79. The molecule has 0 bridgehead atoms. The third-order valence-corrected chi connectivity index (χ3v) is 2.15. The van der Waals surface area contributed by atoms with E-state index >= 15 is 0 Å².